The fraction of sp³-hybridized carbons (Fsp3) is 0. The number of hydrogen-bond acceptors (Lipinski definition) is 2. The van der Waals surface area contributed by atoms with Gasteiger partial charge in [-0.05, 0) is 28.1 Å². The van der Waals surface area contributed by atoms with Crippen molar-refractivity contribution in [1.82, 2.24) is 9.97 Å². The van der Waals surface area contributed by atoms with E-state index in [0.717, 1.165) is 0 Å². The van der Waals surface area contributed by atoms with Crippen LogP contribution in [0.15, 0.2) is 27.7 Å². The number of H-pyrrole nitrogens is 1. The van der Waals surface area contributed by atoms with Gasteiger partial charge in [-0.15, -0.1) is 0 Å². The Bertz CT molecular complexity index is 523. The third kappa shape index (κ3) is 1.36. The minimum Gasteiger partial charge on any atom is -0.313 e. The number of nitrogens with one attached hydrogen (secondary N) is 1. The first-order valence-electron chi connectivity index (χ1n) is 3.51. The van der Waals surface area contributed by atoms with Crippen LogP contribution in [0, 0.1) is 0 Å². The molecule has 5 heteroatoms. The van der Waals surface area contributed by atoms with Crippen molar-refractivity contribution in [3.05, 3.63) is 38.3 Å². The molecular weight excluding hydrogens is 255 g/mol. The maximum absolute atomic E-state index is 11.3. The summed E-state index contributed by atoms with van der Waals surface area (Å²) in [6.45, 7) is 0. The molecule has 0 aliphatic rings. The number of halogens is 2. The van der Waals surface area contributed by atoms with Gasteiger partial charge in [0, 0.05) is 0 Å². The Balaban J connectivity index is 3.03. The second-order valence-electron chi connectivity index (χ2n) is 2.49. The van der Waals surface area contributed by atoms with E-state index in [-0.39, 0.29) is 5.56 Å². The van der Waals surface area contributed by atoms with Gasteiger partial charge in [0.25, 0.3) is 5.56 Å². The Labute approximate surface area is 86.9 Å². The largest absolute Gasteiger partial charge is 0.313 e. The van der Waals surface area contributed by atoms with E-state index in [4.69, 9.17) is 11.6 Å². The molecule has 0 radical (unpaired) electrons. The van der Waals surface area contributed by atoms with Crippen LogP contribution in [0.5, 0.6) is 0 Å². The minimum absolute atomic E-state index is 0.164. The maximum atomic E-state index is 11.3. The van der Waals surface area contributed by atoms with E-state index in [0.29, 0.717) is 20.4 Å². The van der Waals surface area contributed by atoms with E-state index in [9.17, 15) is 4.79 Å². The lowest BCUT2D eigenvalue weighted by molar-refractivity contribution is 1.17. The molecule has 1 aromatic heterocycles. The third-order valence-corrected chi connectivity index (χ3v) is 3.05. The number of aromatic nitrogens is 2. The molecule has 0 amide bonds. The fourth-order valence-corrected chi connectivity index (χ4v) is 1.68. The zero-order valence-electron chi connectivity index (χ0n) is 6.34. The number of rotatable bonds is 0. The molecule has 0 unspecified atom stereocenters. The summed E-state index contributed by atoms with van der Waals surface area (Å²) in [5, 5.41) is 1.07. The minimum atomic E-state index is -0.164. The average molecular weight is 259 g/mol. The fourth-order valence-electron chi connectivity index (χ4n) is 1.08. The van der Waals surface area contributed by atoms with E-state index in [1.165, 1.54) is 6.33 Å². The molecule has 1 heterocycles. The predicted molar refractivity (Wildman–Crippen MR) is 55.1 cm³/mol. The predicted octanol–water partition coefficient (Wildman–Crippen LogP) is 2.34. The van der Waals surface area contributed by atoms with Gasteiger partial charge in [-0.3, -0.25) is 4.79 Å². The molecule has 0 atom stereocenters. The van der Waals surface area contributed by atoms with Gasteiger partial charge in [0.2, 0.25) is 0 Å². The van der Waals surface area contributed by atoms with Gasteiger partial charge in [-0.2, -0.15) is 0 Å². The molecule has 3 nitrogen and oxygen atoms in total. The molecule has 0 bridgehead atoms. The quantitative estimate of drug-likeness (QED) is 0.789. The zero-order valence-corrected chi connectivity index (χ0v) is 8.69. The van der Waals surface area contributed by atoms with Crippen LogP contribution >= 0.6 is 27.5 Å². The molecule has 2 rings (SSSR count). The SMILES string of the molecule is O=c1[nH]cnc2c(Br)c(Cl)ccc12. The highest BCUT2D eigenvalue weighted by Gasteiger charge is 2.05. The van der Waals surface area contributed by atoms with E-state index in [1.807, 2.05) is 0 Å². The van der Waals surface area contributed by atoms with Crippen molar-refractivity contribution >= 4 is 38.4 Å². The Hall–Kier alpha value is -0.870. The average Bonchev–Trinajstić information content (AvgIpc) is 2.12. The van der Waals surface area contributed by atoms with Crippen molar-refractivity contribution < 1.29 is 0 Å². The van der Waals surface area contributed by atoms with Crippen LogP contribution in [-0.2, 0) is 0 Å². The van der Waals surface area contributed by atoms with Crippen LogP contribution in [0.25, 0.3) is 10.9 Å². The summed E-state index contributed by atoms with van der Waals surface area (Å²) < 4.78 is 0.651. The summed E-state index contributed by atoms with van der Waals surface area (Å²) >= 11 is 9.11. The number of nitrogens with zero attached hydrogens (tertiary/aromatic N) is 1. The molecule has 1 aromatic carbocycles. The molecule has 13 heavy (non-hydrogen) atoms. The Morgan fingerprint density at radius 2 is 2.23 bits per heavy atom. The lowest BCUT2D eigenvalue weighted by Crippen LogP contribution is -2.06. The van der Waals surface area contributed by atoms with Crippen molar-refractivity contribution in [2.45, 2.75) is 0 Å². The Morgan fingerprint density at radius 1 is 1.46 bits per heavy atom. The Morgan fingerprint density at radius 3 is 3.00 bits per heavy atom. The molecule has 2 aromatic rings. The van der Waals surface area contributed by atoms with Gasteiger partial charge in [0.1, 0.15) is 0 Å². The summed E-state index contributed by atoms with van der Waals surface area (Å²) in [6, 6.07) is 3.30. The molecule has 0 saturated heterocycles. The second kappa shape index (κ2) is 3.12. The van der Waals surface area contributed by atoms with Crippen LogP contribution < -0.4 is 5.56 Å². The van der Waals surface area contributed by atoms with Crippen molar-refractivity contribution in [2.24, 2.45) is 0 Å². The number of benzene rings is 1. The first kappa shape index (κ1) is 8.72. The normalized spacial score (nSPS) is 10.6. The van der Waals surface area contributed by atoms with E-state index in [2.05, 4.69) is 25.9 Å². The highest BCUT2D eigenvalue weighted by Crippen LogP contribution is 2.27. The highest BCUT2D eigenvalue weighted by atomic mass is 79.9. The summed E-state index contributed by atoms with van der Waals surface area (Å²) in [7, 11) is 0. The molecule has 0 saturated carbocycles. The topological polar surface area (TPSA) is 45.8 Å². The molecule has 0 fully saturated rings. The standard InChI is InChI=1S/C8H4BrClN2O/c9-6-5(10)2-1-4-7(6)11-3-12-8(4)13/h1-3H,(H,11,12,13). The first-order chi connectivity index (χ1) is 6.20. The molecule has 0 spiro atoms. The highest BCUT2D eigenvalue weighted by molar-refractivity contribution is 9.10. The van der Waals surface area contributed by atoms with Gasteiger partial charge in [-0.1, -0.05) is 11.6 Å². The summed E-state index contributed by atoms with van der Waals surface area (Å²) in [6.07, 6.45) is 1.35. The monoisotopic (exact) mass is 258 g/mol. The van der Waals surface area contributed by atoms with Gasteiger partial charge < -0.3 is 4.98 Å². The van der Waals surface area contributed by atoms with Crippen molar-refractivity contribution in [1.29, 1.82) is 0 Å². The first-order valence-corrected chi connectivity index (χ1v) is 4.68. The van der Waals surface area contributed by atoms with E-state index >= 15 is 0 Å². The summed E-state index contributed by atoms with van der Waals surface area (Å²) in [4.78, 5) is 17.8. The molecule has 1 N–H and O–H groups in total. The third-order valence-electron chi connectivity index (χ3n) is 1.70. The van der Waals surface area contributed by atoms with Crippen molar-refractivity contribution in [2.75, 3.05) is 0 Å². The lowest BCUT2D eigenvalue weighted by atomic mass is 10.2. The smallest absolute Gasteiger partial charge is 0.258 e. The van der Waals surface area contributed by atoms with Crippen LogP contribution in [0.4, 0.5) is 0 Å². The lowest BCUT2D eigenvalue weighted by Gasteiger charge is -1.99. The van der Waals surface area contributed by atoms with Gasteiger partial charge >= 0.3 is 0 Å². The number of hydrogen-bond donors (Lipinski definition) is 1. The Kier molecular flexibility index (Phi) is 2.09. The van der Waals surface area contributed by atoms with Crippen molar-refractivity contribution in [3.63, 3.8) is 0 Å². The number of aromatic amines is 1. The van der Waals surface area contributed by atoms with Crippen LogP contribution in [0.2, 0.25) is 5.02 Å². The van der Waals surface area contributed by atoms with Crippen molar-refractivity contribution in [3.8, 4) is 0 Å². The number of fused-ring (bicyclic) bond motifs is 1. The van der Waals surface area contributed by atoms with Crippen LogP contribution in [0.3, 0.4) is 0 Å². The van der Waals surface area contributed by atoms with Crippen LogP contribution in [-0.4, -0.2) is 9.97 Å². The van der Waals surface area contributed by atoms with Gasteiger partial charge in [0.05, 0.1) is 26.7 Å². The zero-order chi connectivity index (χ0) is 9.42. The maximum Gasteiger partial charge on any atom is 0.258 e. The molecule has 0 aliphatic carbocycles. The summed E-state index contributed by atoms with van der Waals surface area (Å²) in [5.74, 6) is 0. The molecule has 0 aliphatic heterocycles. The molecule has 66 valence electrons. The van der Waals surface area contributed by atoms with E-state index < -0.39 is 0 Å². The van der Waals surface area contributed by atoms with Gasteiger partial charge in [-0.25, -0.2) is 4.98 Å². The summed E-state index contributed by atoms with van der Waals surface area (Å²) in [5.41, 5.74) is 0.415. The van der Waals surface area contributed by atoms with Gasteiger partial charge in [0.15, 0.2) is 0 Å². The second-order valence-corrected chi connectivity index (χ2v) is 3.69. The van der Waals surface area contributed by atoms with Crippen LogP contribution in [0.1, 0.15) is 0 Å². The van der Waals surface area contributed by atoms with E-state index in [1.54, 1.807) is 12.1 Å². The molecular formula is C8H4BrClN2O.